The smallest absolute Gasteiger partial charge is 0.181 e. The highest BCUT2D eigenvalue weighted by molar-refractivity contribution is 6.40. The van der Waals surface area contributed by atoms with E-state index in [4.69, 9.17) is 33.2 Å². The summed E-state index contributed by atoms with van der Waals surface area (Å²) in [6.07, 6.45) is 27.5. The van der Waals surface area contributed by atoms with Crippen molar-refractivity contribution in [1.29, 1.82) is 0 Å². The van der Waals surface area contributed by atoms with Crippen molar-refractivity contribution in [3.63, 3.8) is 0 Å². The molecule has 0 radical (unpaired) electrons. The lowest BCUT2D eigenvalue weighted by Crippen LogP contribution is -2.43. The zero-order valence-electron chi connectivity index (χ0n) is 29.8. The molecule has 53 heavy (non-hydrogen) atoms. The van der Waals surface area contributed by atoms with Crippen molar-refractivity contribution in [2.75, 3.05) is 40.8 Å². The molecular weight excluding hydrogens is 697 g/mol. The Bertz CT molecular complexity index is 2510. The Kier molecular flexibility index (Phi) is 8.09. The molecule has 264 valence electrons. The molecule has 0 spiro atoms. The molecular formula is C44H39Cl2N7. The van der Waals surface area contributed by atoms with Crippen LogP contribution in [0.1, 0.15) is 17.0 Å². The second-order valence-electron chi connectivity index (χ2n) is 14.2. The molecule has 0 saturated carbocycles. The van der Waals surface area contributed by atoms with Crippen LogP contribution in [0.15, 0.2) is 166 Å². The predicted octanol–water partition coefficient (Wildman–Crippen LogP) is 6.66. The van der Waals surface area contributed by atoms with E-state index in [0.717, 1.165) is 91.3 Å². The normalized spacial score (nSPS) is 24.9. The van der Waals surface area contributed by atoms with Gasteiger partial charge in [-0.15, -0.1) is 11.6 Å². The molecule has 9 heteroatoms. The van der Waals surface area contributed by atoms with Crippen molar-refractivity contribution in [1.82, 2.24) is 24.7 Å². The van der Waals surface area contributed by atoms with E-state index in [9.17, 15) is 0 Å². The van der Waals surface area contributed by atoms with Gasteiger partial charge in [-0.25, -0.2) is 4.99 Å². The summed E-state index contributed by atoms with van der Waals surface area (Å²) in [5, 5.41) is 1.93. The first-order chi connectivity index (χ1) is 25.7. The molecule has 1 aromatic carbocycles. The van der Waals surface area contributed by atoms with E-state index in [1.165, 1.54) is 0 Å². The number of rotatable bonds is 4. The third-order valence-corrected chi connectivity index (χ3v) is 11.8. The number of aliphatic imine (C=N–C) groups is 2. The highest BCUT2D eigenvalue weighted by Crippen LogP contribution is 2.56. The van der Waals surface area contributed by atoms with Gasteiger partial charge in [0.1, 0.15) is 0 Å². The van der Waals surface area contributed by atoms with Gasteiger partial charge in [0.05, 0.1) is 17.1 Å². The predicted molar refractivity (Wildman–Crippen MR) is 219 cm³/mol. The average Bonchev–Trinajstić information content (AvgIpc) is 4.00. The molecule has 2 unspecified atom stereocenters. The first-order valence-corrected chi connectivity index (χ1v) is 18.6. The van der Waals surface area contributed by atoms with Crippen LogP contribution in [-0.4, -0.2) is 81.9 Å². The number of H-pyrrole nitrogens is 2. The quantitative estimate of drug-likeness (QED) is 0.233. The van der Waals surface area contributed by atoms with E-state index in [0.29, 0.717) is 6.54 Å². The number of nitrogens with one attached hydrogen (secondary N) is 2. The van der Waals surface area contributed by atoms with Gasteiger partial charge in [-0.05, 0) is 101 Å². The second kappa shape index (κ2) is 12.9. The Labute approximate surface area is 319 Å². The van der Waals surface area contributed by atoms with E-state index in [-0.39, 0.29) is 0 Å². The fraction of sp³-hybridized carbons (Fsp3) is 0.182. The van der Waals surface area contributed by atoms with E-state index < -0.39 is 9.87 Å². The van der Waals surface area contributed by atoms with Crippen LogP contribution in [0, 0.1) is 0 Å². The van der Waals surface area contributed by atoms with Crippen molar-refractivity contribution >= 4 is 51.8 Å². The third-order valence-electron chi connectivity index (χ3n) is 10.5. The summed E-state index contributed by atoms with van der Waals surface area (Å²) < 4.78 is 0. The molecule has 0 fully saturated rings. The minimum atomic E-state index is -1.41. The summed E-state index contributed by atoms with van der Waals surface area (Å²) in [5.74, 6) is 0. The molecule has 9 rings (SSSR count). The second-order valence-corrected chi connectivity index (χ2v) is 15.4. The third kappa shape index (κ3) is 5.75. The Morgan fingerprint density at radius 2 is 1.43 bits per heavy atom. The van der Waals surface area contributed by atoms with Crippen LogP contribution < -0.4 is 10.7 Å². The summed E-state index contributed by atoms with van der Waals surface area (Å²) in [6, 6.07) is 18.7. The molecule has 7 nitrogen and oxygen atoms in total. The van der Waals surface area contributed by atoms with Crippen LogP contribution in [0.25, 0.3) is 17.2 Å². The van der Waals surface area contributed by atoms with Crippen LogP contribution >= 0.6 is 23.2 Å². The summed E-state index contributed by atoms with van der Waals surface area (Å²) in [4.78, 5) is 21.9. The number of hydrogen-bond donors (Lipinski definition) is 2. The lowest BCUT2D eigenvalue weighted by atomic mass is 9.79. The molecule has 0 aliphatic carbocycles. The summed E-state index contributed by atoms with van der Waals surface area (Å²) >= 11 is 16.1. The molecule has 2 aromatic heterocycles. The standard InChI is InChI=1S/C44H39Cl2N7/c1-51-22-16-30(17-23-51)41-36-11-9-32(47-36)27-33-10-14-40(48-33)44(46,35-20-26-53(3)28-34(35)29-7-5-4-6-8-29)43(45)21-15-39(50-43)42(38-13-12-37(41)49-38)31-18-24-52(2)25-19-31/h4-22,24,27-28,47-48H,23,25-26H2,1-3H3. The Morgan fingerprint density at radius 3 is 2.17 bits per heavy atom. The SMILES string of the molecule is CN1C=CC(C2=C3C=CC(=N3)C(C3=CCN(C)C=C3)=c3ccc([nH]3)=Cc3ccc([nH]3)C(Cl)(C3=CCN(C)C=C3c3ccccc3)C3(Cl)C=CC2=N3)=CC1. The first-order valence-electron chi connectivity index (χ1n) is 17.8. The number of likely N-dealkylation sites (N-methyl/N-ethyl adjacent to an activating group) is 3. The highest BCUT2D eigenvalue weighted by atomic mass is 35.5. The highest BCUT2D eigenvalue weighted by Gasteiger charge is 2.56. The zero-order chi connectivity index (χ0) is 36.3. The lowest BCUT2D eigenvalue weighted by molar-refractivity contribution is 0.491. The fourth-order valence-corrected chi connectivity index (χ4v) is 8.45. The van der Waals surface area contributed by atoms with Crippen molar-refractivity contribution in [2.45, 2.75) is 9.87 Å². The average molecular weight is 737 g/mol. The Morgan fingerprint density at radius 1 is 0.698 bits per heavy atom. The molecule has 6 aliphatic heterocycles. The van der Waals surface area contributed by atoms with Crippen LogP contribution in [0.4, 0.5) is 0 Å². The van der Waals surface area contributed by atoms with Crippen LogP contribution in [0.2, 0.25) is 0 Å². The topological polar surface area (TPSA) is 66.0 Å². The van der Waals surface area contributed by atoms with Crippen LogP contribution in [-0.2, 0) is 4.87 Å². The molecule has 8 bridgehead atoms. The van der Waals surface area contributed by atoms with Crippen molar-refractivity contribution in [3.8, 4) is 0 Å². The van der Waals surface area contributed by atoms with E-state index in [1.54, 1.807) is 0 Å². The van der Waals surface area contributed by atoms with Gasteiger partial charge in [0.15, 0.2) is 9.87 Å². The maximum absolute atomic E-state index is 8.18. The molecule has 2 N–H and O–H groups in total. The minimum Gasteiger partial charge on any atom is -0.377 e. The largest absolute Gasteiger partial charge is 0.377 e. The van der Waals surface area contributed by atoms with Gasteiger partial charge in [-0.1, -0.05) is 60.2 Å². The Balaban J connectivity index is 1.32. The molecule has 3 aromatic rings. The van der Waals surface area contributed by atoms with Gasteiger partial charge in [0, 0.05) is 85.8 Å². The van der Waals surface area contributed by atoms with Gasteiger partial charge in [-0.3, -0.25) is 4.99 Å². The Hall–Kier alpha value is -5.50. The van der Waals surface area contributed by atoms with Gasteiger partial charge in [0.25, 0.3) is 0 Å². The zero-order valence-corrected chi connectivity index (χ0v) is 31.3. The number of benzene rings is 1. The summed E-state index contributed by atoms with van der Waals surface area (Å²) in [6.45, 7) is 2.23. The van der Waals surface area contributed by atoms with E-state index in [1.807, 2.05) is 36.4 Å². The van der Waals surface area contributed by atoms with Crippen molar-refractivity contribution < 1.29 is 0 Å². The number of alkyl halides is 2. The number of fused-ring (bicyclic) bond motifs is 6. The molecule has 0 saturated heterocycles. The molecule has 0 amide bonds. The van der Waals surface area contributed by atoms with Gasteiger partial charge in [0.2, 0.25) is 0 Å². The number of hydrogen-bond acceptors (Lipinski definition) is 5. The van der Waals surface area contributed by atoms with Crippen LogP contribution in [0.5, 0.6) is 0 Å². The monoisotopic (exact) mass is 735 g/mol. The number of halogens is 2. The molecule has 2 atom stereocenters. The fourth-order valence-electron chi connectivity index (χ4n) is 7.70. The van der Waals surface area contributed by atoms with Crippen LogP contribution in [0.3, 0.4) is 0 Å². The number of aromatic nitrogens is 2. The van der Waals surface area contributed by atoms with Gasteiger partial charge in [-0.2, -0.15) is 0 Å². The van der Waals surface area contributed by atoms with Gasteiger partial charge < -0.3 is 24.7 Å². The number of aromatic amines is 2. The summed E-state index contributed by atoms with van der Waals surface area (Å²) in [5.41, 5.74) is 11.1. The van der Waals surface area contributed by atoms with Gasteiger partial charge >= 0.3 is 0 Å². The number of allylic oxidation sites excluding steroid dienone is 9. The summed E-state index contributed by atoms with van der Waals surface area (Å²) in [7, 11) is 6.21. The lowest BCUT2D eigenvalue weighted by Gasteiger charge is -2.41. The van der Waals surface area contributed by atoms with Crippen molar-refractivity contribution in [2.24, 2.45) is 9.98 Å². The minimum absolute atomic E-state index is 0.669. The van der Waals surface area contributed by atoms with Crippen molar-refractivity contribution in [3.05, 3.63) is 184 Å². The van der Waals surface area contributed by atoms with E-state index >= 15 is 0 Å². The molecule has 8 heterocycles. The number of nitrogens with zero attached hydrogens (tertiary/aromatic N) is 5. The molecule has 6 aliphatic rings. The van der Waals surface area contributed by atoms with E-state index in [2.05, 4.69) is 143 Å². The maximum Gasteiger partial charge on any atom is 0.181 e. The maximum atomic E-state index is 8.18. The first kappa shape index (κ1) is 33.3.